The Kier molecular flexibility index (Phi) is 6.00. The summed E-state index contributed by atoms with van der Waals surface area (Å²) in [7, 11) is 0. The van der Waals surface area contributed by atoms with E-state index in [1.165, 1.54) is 37.9 Å². The van der Waals surface area contributed by atoms with Crippen LogP contribution >= 0.6 is 11.8 Å². The van der Waals surface area contributed by atoms with Crippen molar-refractivity contribution in [2.45, 2.75) is 62.9 Å². The minimum absolute atomic E-state index is 0.205. The van der Waals surface area contributed by atoms with Crippen molar-refractivity contribution in [3.63, 3.8) is 0 Å². The van der Waals surface area contributed by atoms with Crippen LogP contribution in [0.3, 0.4) is 0 Å². The number of β-amino-alcohol motifs (C(OH)–C–C–N with tert-alkyl or cyclic N) is 1. The summed E-state index contributed by atoms with van der Waals surface area (Å²) in [5.41, 5.74) is 0. The van der Waals surface area contributed by atoms with E-state index < -0.39 is 0 Å². The second kappa shape index (κ2) is 7.30. The van der Waals surface area contributed by atoms with Crippen molar-refractivity contribution >= 4 is 11.8 Å². The molecule has 0 bridgehead atoms. The van der Waals surface area contributed by atoms with Gasteiger partial charge in [-0.05, 0) is 26.7 Å². The third-order valence-corrected chi connectivity index (χ3v) is 5.72. The average Bonchev–Trinajstić information content (AvgIpc) is 2.37. The van der Waals surface area contributed by atoms with Crippen LogP contribution in [-0.4, -0.2) is 59.0 Å². The Hall–Kier alpha value is 0.230. The SMILES string of the molecule is CC(C)OCC(O)CN1CCSC2(CCCCC2)C1. The number of aliphatic hydroxyl groups is 1. The maximum absolute atomic E-state index is 10.1. The van der Waals surface area contributed by atoms with Crippen molar-refractivity contribution < 1.29 is 9.84 Å². The summed E-state index contributed by atoms with van der Waals surface area (Å²) in [6.45, 7) is 7.55. The van der Waals surface area contributed by atoms with Crippen LogP contribution in [0.25, 0.3) is 0 Å². The summed E-state index contributed by atoms with van der Waals surface area (Å²) in [5.74, 6) is 1.22. The van der Waals surface area contributed by atoms with E-state index in [9.17, 15) is 5.11 Å². The fraction of sp³-hybridized carbons (Fsp3) is 1.00. The van der Waals surface area contributed by atoms with Gasteiger partial charge in [0.05, 0.1) is 18.8 Å². The molecule has 0 aromatic rings. The first-order valence-electron chi connectivity index (χ1n) is 7.76. The van der Waals surface area contributed by atoms with Crippen LogP contribution in [0.4, 0.5) is 0 Å². The van der Waals surface area contributed by atoms with Gasteiger partial charge in [0.25, 0.3) is 0 Å². The summed E-state index contributed by atoms with van der Waals surface area (Å²) < 4.78 is 6.00. The Bertz CT molecular complexity index is 261. The molecule has 0 aromatic heterocycles. The molecule has 1 unspecified atom stereocenters. The summed E-state index contributed by atoms with van der Waals surface area (Å²) in [5, 5.41) is 10.1. The monoisotopic (exact) mass is 287 g/mol. The van der Waals surface area contributed by atoms with Crippen LogP contribution in [-0.2, 0) is 4.74 Å². The zero-order valence-corrected chi connectivity index (χ0v) is 13.3. The topological polar surface area (TPSA) is 32.7 Å². The number of nitrogens with zero attached hydrogens (tertiary/aromatic N) is 1. The molecule has 2 aliphatic rings. The third kappa shape index (κ3) is 4.92. The van der Waals surface area contributed by atoms with E-state index in [4.69, 9.17) is 4.74 Å². The van der Waals surface area contributed by atoms with Crippen molar-refractivity contribution in [2.24, 2.45) is 0 Å². The van der Waals surface area contributed by atoms with Crippen molar-refractivity contribution in [3.8, 4) is 0 Å². The Morgan fingerprint density at radius 3 is 2.68 bits per heavy atom. The zero-order chi connectivity index (χ0) is 13.7. The predicted octanol–water partition coefficient (Wildman–Crippen LogP) is 2.52. The van der Waals surface area contributed by atoms with Gasteiger partial charge in [-0.3, -0.25) is 4.90 Å². The van der Waals surface area contributed by atoms with Crippen LogP contribution in [0.5, 0.6) is 0 Å². The van der Waals surface area contributed by atoms with E-state index in [1.807, 2.05) is 13.8 Å². The first kappa shape index (κ1) is 15.6. The number of aliphatic hydroxyl groups excluding tert-OH is 1. The van der Waals surface area contributed by atoms with Crippen molar-refractivity contribution in [2.75, 3.05) is 32.0 Å². The predicted molar refractivity (Wildman–Crippen MR) is 81.8 cm³/mol. The molecule has 1 saturated carbocycles. The molecule has 112 valence electrons. The molecule has 1 aliphatic heterocycles. The fourth-order valence-corrected chi connectivity index (χ4v) is 4.87. The van der Waals surface area contributed by atoms with Gasteiger partial charge < -0.3 is 9.84 Å². The minimum atomic E-state index is -0.342. The molecular weight excluding hydrogens is 258 g/mol. The number of thioether (sulfide) groups is 1. The average molecular weight is 287 g/mol. The van der Waals surface area contributed by atoms with Crippen LogP contribution in [0.2, 0.25) is 0 Å². The Labute approximate surface area is 122 Å². The maximum Gasteiger partial charge on any atom is 0.0900 e. The molecule has 1 N–H and O–H groups in total. The van der Waals surface area contributed by atoms with Gasteiger partial charge in [-0.15, -0.1) is 0 Å². The molecule has 4 heteroatoms. The first-order chi connectivity index (χ1) is 9.10. The van der Waals surface area contributed by atoms with Gasteiger partial charge in [0.2, 0.25) is 0 Å². The van der Waals surface area contributed by atoms with Gasteiger partial charge in [-0.1, -0.05) is 19.3 Å². The summed E-state index contributed by atoms with van der Waals surface area (Å²) >= 11 is 2.18. The van der Waals surface area contributed by atoms with E-state index in [2.05, 4.69) is 16.7 Å². The number of hydrogen-bond acceptors (Lipinski definition) is 4. The van der Waals surface area contributed by atoms with Gasteiger partial charge in [-0.25, -0.2) is 0 Å². The number of ether oxygens (including phenoxy) is 1. The highest BCUT2D eigenvalue weighted by molar-refractivity contribution is 8.00. The molecule has 3 nitrogen and oxygen atoms in total. The largest absolute Gasteiger partial charge is 0.389 e. The lowest BCUT2D eigenvalue weighted by Crippen LogP contribution is -2.50. The van der Waals surface area contributed by atoms with Gasteiger partial charge in [-0.2, -0.15) is 11.8 Å². The lowest BCUT2D eigenvalue weighted by molar-refractivity contribution is -0.00981. The fourth-order valence-electron chi connectivity index (χ4n) is 3.23. The lowest BCUT2D eigenvalue weighted by Gasteiger charge is -2.45. The van der Waals surface area contributed by atoms with Crippen LogP contribution in [0.15, 0.2) is 0 Å². The molecule has 1 atom stereocenters. The normalized spacial score (nSPS) is 25.9. The van der Waals surface area contributed by atoms with Crippen molar-refractivity contribution in [1.82, 2.24) is 4.90 Å². The standard InChI is InChI=1S/C15H29NO2S/c1-13(2)18-11-14(17)10-16-8-9-19-15(12-16)6-4-3-5-7-15/h13-14,17H,3-12H2,1-2H3. The highest BCUT2D eigenvalue weighted by atomic mass is 32.2. The summed E-state index contributed by atoms with van der Waals surface area (Å²) in [4.78, 5) is 2.45. The smallest absolute Gasteiger partial charge is 0.0900 e. The van der Waals surface area contributed by atoms with Crippen LogP contribution in [0.1, 0.15) is 46.0 Å². The molecule has 1 saturated heterocycles. The molecule has 19 heavy (non-hydrogen) atoms. The molecular formula is C15H29NO2S. The van der Waals surface area contributed by atoms with E-state index in [1.54, 1.807) is 0 Å². The van der Waals surface area contributed by atoms with E-state index in [0.29, 0.717) is 11.4 Å². The Balaban J connectivity index is 1.77. The second-order valence-corrected chi connectivity index (χ2v) is 7.93. The molecule has 1 spiro atoms. The quantitative estimate of drug-likeness (QED) is 0.842. The minimum Gasteiger partial charge on any atom is -0.389 e. The van der Waals surface area contributed by atoms with Crippen molar-refractivity contribution in [3.05, 3.63) is 0 Å². The van der Waals surface area contributed by atoms with Crippen molar-refractivity contribution in [1.29, 1.82) is 0 Å². The number of hydrogen-bond donors (Lipinski definition) is 1. The maximum atomic E-state index is 10.1. The molecule has 2 fully saturated rings. The van der Waals surface area contributed by atoms with Gasteiger partial charge in [0.1, 0.15) is 0 Å². The second-order valence-electron chi connectivity index (χ2n) is 6.36. The van der Waals surface area contributed by atoms with Gasteiger partial charge in [0.15, 0.2) is 0 Å². The first-order valence-corrected chi connectivity index (χ1v) is 8.74. The zero-order valence-electron chi connectivity index (χ0n) is 12.4. The summed E-state index contributed by atoms with van der Waals surface area (Å²) in [6.07, 6.45) is 6.79. The molecule has 1 heterocycles. The third-order valence-electron chi connectivity index (χ3n) is 4.18. The molecule has 2 rings (SSSR count). The van der Waals surface area contributed by atoms with Gasteiger partial charge >= 0.3 is 0 Å². The Morgan fingerprint density at radius 2 is 2.00 bits per heavy atom. The molecule has 0 radical (unpaired) electrons. The van der Waals surface area contributed by atoms with E-state index >= 15 is 0 Å². The Morgan fingerprint density at radius 1 is 1.26 bits per heavy atom. The van der Waals surface area contributed by atoms with E-state index in [0.717, 1.165) is 19.6 Å². The highest BCUT2D eigenvalue weighted by Crippen LogP contribution is 2.42. The van der Waals surface area contributed by atoms with Gasteiger partial charge in [0, 0.05) is 30.1 Å². The highest BCUT2D eigenvalue weighted by Gasteiger charge is 2.37. The van der Waals surface area contributed by atoms with E-state index in [-0.39, 0.29) is 12.2 Å². The molecule has 1 aliphatic carbocycles. The van der Waals surface area contributed by atoms with Crippen LogP contribution in [0, 0.1) is 0 Å². The number of rotatable bonds is 5. The molecule has 0 amide bonds. The lowest BCUT2D eigenvalue weighted by atomic mass is 9.87. The van der Waals surface area contributed by atoms with Crippen LogP contribution < -0.4 is 0 Å². The summed E-state index contributed by atoms with van der Waals surface area (Å²) in [6, 6.07) is 0. The molecule has 0 aromatic carbocycles.